The first-order chi connectivity index (χ1) is 15.0. The molecule has 0 unspecified atom stereocenters. The molecule has 5 nitrogen and oxygen atoms in total. The van der Waals surface area contributed by atoms with Gasteiger partial charge in [0.15, 0.2) is 4.77 Å². The fourth-order valence-electron chi connectivity index (χ4n) is 3.60. The van der Waals surface area contributed by atoms with Gasteiger partial charge in [-0.05, 0) is 41.0 Å². The van der Waals surface area contributed by atoms with Crippen molar-refractivity contribution in [3.63, 3.8) is 0 Å². The van der Waals surface area contributed by atoms with Gasteiger partial charge >= 0.3 is 0 Å². The molecule has 0 aliphatic carbocycles. The van der Waals surface area contributed by atoms with Crippen LogP contribution in [-0.2, 0) is 17.9 Å². The van der Waals surface area contributed by atoms with E-state index in [0.29, 0.717) is 22.2 Å². The monoisotopic (exact) mass is 429 g/mol. The number of carbonyl (C=O) groups excluding carboxylic acids is 1. The van der Waals surface area contributed by atoms with E-state index in [1.54, 1.807) is 18.0 Å². The molecule has 0 bridgehead atoms. The van der Waals surface area contributed by atoms with Gasteiger partial charge in [-0.25, -0.2) is 0 Å². The molecule has 4 aromatic rings. The molecule has 0 spiro atoms. The van der Waals surface area contributed by atoms with Crippen LogP contribution in [-0.4, -0.2) is 27.4 Å². The van der Waals surface area contributed by atoms with Gasteiger partial charge in [-0.2, -0.15) is 0 Å². The first kappa shape index (κ1) is 20.8. The molecule has 0 aliphatic rings. The van der Waals surface area contributed by atoms with Crippen LogP contribution < -0.4 is 5.56 Å². The van der Waals surface area contributed by atoms with Crippen LogP contribution >= 0.6 is 12.2 Å². The number of nitrogens with one attached hydrogen (secondary N) is 1. The van der Waals surface area contributed by atoms with Gasteiger partial charge in [0.25, 0.3) is 5.56 Å². The molecule has 6 heteroatoms. The number of para-hydroxylation sites is 1. The van der Waals surface area contributed by atoms with E-state index in [-0.39, 0.29) is 24.4 Å². The van der Waals surface area contributed by atoms with Crippen LogP contribution in [0.5, 0.6) is 0 Å². The summed E-state index contributed by atoms with van der Waals surface area (Å²) in [6.07, 6.45) is 0.203. The maximum absolute atomic E-state index is 12.7. The average Bonchev–Trinajstić information content (AvgIpc) is 2.80. The highest BCUT2D eigenvalue weighted by Gasteiger charge is 2.12. The normalized spacial score (nSPS) is 10.9. The number of rotatable bonds is 6. The van der Waals surface area contributed by atoms with Gasteiger partial charge in [-0.3, -0.25) is 14.2 Å². The number of benzene rings is 3. The van der Waals surface area contributed by atoms with Crippen molar-refractivity contribution in [2.45, 2.75) is 19.5 Å². The third-order valence-electron chi connectivity index (χ3n) is 5.35. The Morgan fingerprint density at radius 1 is 0.935 bits per heavy atom. The topological polar surface area (TPSA) is 58.1 Å². The fraction of sp³-hybridized carbons (Fsp3) is 0.160. The molecule has 0 aliphatic heterocycles. The smallest absolute Gasteiger partial charge is 0.262 e. The quantitative estimate of drug-likeness (QED) is 0.449. The van der Waals surface area contributed by atoms with Crippen molar-refractivity contribution in [1.29, 1.82) is 0 Å². The molecule has 31 heavy (non-hydrogen) atoms. The summed E-state index contributed by atoms with van der Waals surface area (Å²) in [6.45, 7) is 0.752. The SMILES string of the molecule is CN(Cc1ccc(-c2ccccc2)cc1)C(=O)CCn1c(=S)[nH]c2ccccc2c1=O. The summed E-state index contributed by atoms with van der Waals surface area (Å²) in [4.78, 5) is 30.1. The summed E-state index contributed by atoms with van der Waals surface area (Å²) in [5, 5.41) is 0.565. The standard InChI is InChI=1S/C25H23N3O2S/c1-27(17-18-11-13-20(14-12-18)19-7-3-2-4-8-19)23(29)15-16-28-24(30)21-9-5-6-10-22(21)26-25(28)31/h2-14H,15-17H2,1H3,(H,26,31). The Labute approximate surface area is 185 Å². The highest BCUT2D eigenvalue weighted by Crippen LogP contribution is 2.19. The molecule has 0 radical (unpaired) electrons. The lowest BCUT2D eigenvalue weighted by Gasteiger charge is -2.18. The molecule has 1 aromatic heterocycles. The van der Waals surface area contributed by atoms with Crippen LogP contribution in [0.4, 0.5) is 0 Å². The van der Waals surface area contributed by atoms with Crippen LogP contribution in [0.2, 0.25) is 0 Å². The van der Waals surface area contributed by atoms with E-state index in [0.717, 1.165) is 16.7 Å². The Bertz CT molecular complexity index is 1320. The molecule has 1 amide bonds. The predicted molar refractivity (Wildman–Crippen MR) is 126 cm³/mol. The van der Waals surface area contributed by atoms with Crippen LogP contribution in [0.1, 0.15) is 12.0 Å². The Morgan fingerprint density at radius 3 is 2.32 bits per heavy atom. The Kier molecular flexibility index (Phi) is 6.09. The van der Waals surface area contributed by atoms with Gasteiger partial charge in [0.05, 0.1) is 10.9 Å². The van der Waals surface area contributed by atoms with Crippen molar-refractivity contribution < 1.29 is 4.79 Å². The number of H-pyrrole nitrogens is 1. The number of nitrogens with zero attached hydrogens (tertiary/aromatic N) is 2. The summed E-state index contributed by atoms with van der Waals surface area (Å²) < 4.78 is 1.79. The Balaban J connectivity index is 1.41. The first-order valence-electron chi connectivity index (χ1n) is 10.1. The van der Waals surface area contributed by atoms with Crippen molar-refractivity contribution in [2.75, 3.05) is 7.05 Å². The van der Waals surface area contributed by atoms with E-state index >= 15 is 0 Å². The molecular formula is C25H23N3O2S. The second-order valence-electron chi connectivity index (χ2n) is 7.50. The second-order valence-corrected chi connectivity index (χ2v) is 7.88. The number of hydrogen-bond donors (Lipinski definition) is 1. The highest BCUT2D eigenvalue weighted by atomic mass is 32.1. The van der Waals surface area contributed by atoms with E-state index in [4.69, 9.17) is 12.2 Å². The molecule has 4 rings (SSSR count). The predicted octanol–water partition coefficient (Wildman–Crippen LogP) is 4.77. The zero-order valence-electron chi connectivity index (χ0n) is 17.2. The highest BCUT2D eigenvalue weighted by molar-refractivity contribution is 7.71. The first-order valence-corrected chi connectivity index (χ1v) is 10.5. The summed E-state index contributed by atoms with van der Waals surface area (Å²) in [6, 6.07) is 25.6. The van der Waals surface area contributed by atoms with Crippen LogP contribution in [0.15, 0.2) is 83.7 Å². The third-order valence-corrected chi connectivity index (χ3v) is 5.67. The number of carbonyl (C=O) groups is 1. The van der Waals surface area contributed by atoms with Gasteiger partial charge in [0.2, 0.25) is 5.91 Å². The van der Waals surface area contributed by atoms with E-state index < -0.39 is 0 Å². The minimum absolute atomic E-state index is 0.0402. The van der Waals surface area contributed by atoms with E-state index in [1.165, 1.54) is 4.57 Å². The lowest BCUT2D eigenvalue weighted by atomic mass is 10.0. The van der Waals surface area contributed by atoms with E-state index in [9.17, 15) is 9.59 Å². The number of amides is 1. The minimum atomic E-state index is -0.175. The number of fused-ring (bicyclic) bond motifs is 1. The molecule has 1 N–H and O–H groups in total. The molecule has 0 saturated carbocycles. The number of aromatic amines is 1. The van der Waals surface area contributed by atoms with Crippen molar-refractivity contribution in [2.24, 2.45) is 0 Å². The van der Waals surface area contributed by atoms with Crippen molar-refractivity contribution in [3.05, 3.63) is 99.6 Å². The van der Waals surface area contributed by atoms with Crippen LogP contribution in [0.25, 0.3) is 22.0 Å². The van der Waals surface area contributed by atoms with Gasteiger partial charge in [-0.1, -0.05) is 66.7 Å². The summed E-state index contributed by atoms with van der Waals surface area (Å²) in [5.41, 5.74) is 3.89. The lowest BCUT2D eigenvalue weighted by molar-refractivity contribution is -0.130. The number of hydrogen-bond acceptors (Lipinski definition) is 3. The van der Waals surface area contributed by atoms with Crippen molar-refractivity contribution in [1.82, 2.24) is 14.5 Å². The minimum Gasteiger partial charge on any atom is -0.341 e. The zero-order chi connectivity index (χ0) is 21.8. The Hall–Kier alpha value is -3.51. The number of aromatic nitrogens is 2. The largest absolute Gasteiger partial charge is 0.341 e. The van der Waals surface area contributed by atoms with Gasteiger partial charge in [0.1, 0.15) is 0 Å². The van der Waals surface area contributed by atoms with Crippen LogP contribution in [0.3, 0.4) is 0 Å². The van der Waals surface area contributed by atoms with Crippen LogP contribution in [0, 0.1) is 4.77 Å². The van der Waals surface area contributed by atoms with E-state index in [1.807, 2.05) is 48.5 Å². The summed E-state index contributed by atoms with van der Waals surface area (Å²) in [7, 11) is 1.78. The zero-order valence-corrected chi connectivity index (χ0v) is 18.1. The Morgan fingerprint density at radius 2 is 1.58 bits per heavy atom. The molecule has 1 heterocycles. The summed E-state index contributed by atoms with van der Waals surface area (Å²) >= 11 is 5.32. The second kappa shape index (κ2) is 9.10. The molecular weight excluding hydrogens is 406 g/mol. The van der Waals surface area contributed by atoms with E-state index in [2.05, 4.69) is 29.2 Å². The maximum Gasteiger partial charge on any atom is 0.262 e. The molecule has 0 atom stereocenters. The van der Waals surface area contributed by atoms with Crippen molar-refractivity contribution >= 4 is 29.0 Å². The molecule has 156 valence electrons. The molecule has 0 fully saturated rings. The molecule has 3 aromatic carbocycles. The van der Waals surface area contributed by atoms with Gasteiger partial charge in [0, 0.05) is 26.6 Å². The lowest BCUT2D eigenvalue weighted by Crippen LogP contribution is -2.29. The molecule has 0 saturated heterocycles. The van der Waals surface area contributed by atoms with Gasteiger partial charge in [-0.15, -0.1) is 0 Å². The maximum atomic E-state index is 12.7. The third kappa shape index (κ3) is 4.64. The average molecular weight is 430 g/mol. The van der Waals surface area contributed by atoms with Crippen molar-refractivity contribution in [3.8, 4) is 11.1 Å². The summed E-state index contributed by atoms with van der Waals surface area (Å²) in [5.74, 6) is -0.0402. The fourth-order valence-corrected chi connectivity index (χ4v) is 3.88. The van der Waals surface area contributed by atoms with Gasteiger partial charge < -0.3 is 9.88 Å².